The number of benzene rings is 2. The van der Waals surface area contributed by atoms with Crippen molar-refractivity contribution in [3.63, 3.8) is 0 Å². The summed E-state index contributed by atoms with van der Waals surface area (Å²) in [5, 5.41) is 29.7. The second kappa shape index (κ2) is 9.21. The predicted molar refractivity (Wildman–Crippen MR) is 138 cm³/mol. The molecule has 1 saturated carbocycles. The van der Waals surface area contributed by atoms with E-state index in [1.165, 1.54) is 24.4 Å². The van der Waals surface area contributed by atoms with Crippen molar-refractivity contribution in [2.45, 2.75) is 45.7 Å². The van der Waals surface area contributed by atoms with Gasteiger partial charge in [0, 0.05) is 42.1 Å². The van der Waals surface area contributed by atoms with Crippen molar-refractivity contribution in [3.05, 3.63) is 71.4 Å². The first-order valence-corrected chi connectivity index (χ1v) is 11.9. The van der Waals surface area contributed by atoms with Crippen molar-refractivity contribution in [2.24, 2.45) is 5.41 Å². The summed E-state index contributed by atoms with van der Waals surface area (Å²) in [6, 6.07) is 10.0. The van der Waals surface area contributed by atoms with Crippen LogP contribution in [0.4, 0.5) is 15.8 Å². The van der Waals surface area contributed by atoms with Crippen LogP contribution in [0.5, 0.6) is 5.75 Å². The van der Waals surface area contributed by atoms with Crippen LogP contribution in [-0.2, 0) is 0 Å². The number of anilines is 2. The van der Waals surface area contributed by atoms with Gasteiger partial charge in [-0.2, -0.15) is 5.26 Å². The van der Waals surface area contributed by atoms with Crippen LogP contribution >= 0.6 is 0 Å². The Morgan fingerprint density at radius 3 is 2.72 bits per heavy atom. The van der Waals surface area contributed by atoms with Gasteiger partial charge >= 0.3 is 0 Å². The highest BCUT2D eigenvalue weighted by molar-refractivity contribution is 5.99. The molecule has 0 spiro atoms. The molecule has 186 valence electrons. The van der Waals surface area contributed by atoms with Gasteiger partial charge < -0.3 is 21.2 Å². The van der Waals surface area contributed by atoms with Gasteiger partial charge in [-0.05, 0) is 42.0 Å². The topological polar surface area (TPSA) is 108 Å². The van der Waals surface area contributed by atoms with Crippen LogP contribution < -0.4 is 21.6 Å². The third-order valence-electron chi connectivity index (χ3n) is 6.07. The molecule has 5 N–H and O–H groups in total. The maximum atomic E-state index is 13.7. The molecule has 2 aromatic carbocycles. The SMILES string of the molecule is [2H][C@](Nc1cc(O)c2ncc(C#N)c(NCC(C)(C)C)c2c1)(C1=CN(C2CC2)NN1)c1ccc(F)cc1. The fraction of sp³-hybridized carbons (Fsp3) is 0.333. The molecule has 1 fully saturated rings. The van der Waals surface area contributed by atoms with Gasteiger partial charge in [0.1, 0.15) is 23.2 Å². The predicted octanol–water partition coefficient (Wildman–Crippen LogP) is 4.89. The normalized spacial score (nSPS) is 17.6. The summed E-state index contributed by atoms with van der Waals surface area (Å²) in [5.74, 6) is -0.485. The van der Waals surface area contributed by atoms with Crippen molar-refractivity contribution < 1.29 is 10.9 Å². The Labute approximate surface area is 211 Å². The van der Waals surface area contributed by atoms with E-state index in [0.29, 0.717) is 51.7 Å². The van der Waals surface area contributed by atoms with Crippen LogP contribution in [-0.4, -0.2) is 27.7 Å². The molecule has 5 rings (SSSR count). The Bertz CT molecular complexity index is 1410. The molecule has 0 bridgehead atoms. The van der Waals surface area contributed by atoms with Crippen LogP contribution in [0.2, 0.25) is 0 Å². The molecular formula is C27H30FN7O. The van der Waals surface area contributed by atoms with E-state index < -0.39 is 11.8 Å². The maximum absolute atomic E-state index is 13.7. The Morgan fingerprint density at radius 1 is 1.31 bits per heavy atom. The monoisotopic (exact) mass is 488 g/mol. The van der Waals surface area contributed by atoms with Gasteiger partial charge in [0.15, 0.2) is 0 Å². The summed E-state index contributed by atoms with van der Waals surface area (Å²) in [4.78, 5) is 4.31. The number of fused-ring (bicyclic) bond motifs is 1. The molecule has 1 aliphatic heterocycles. The second-order valence-electron chi connectivity index (χ2n) is 10.4. The van der Waals surface area contributed by atoms with E-state index in [9.17, 15) is 16.1 Å². The summed E-state index contributed by atoms with van der Waals surface area (Å²) >= 11 is 0. The van der Waals surface area contributed by atoms with Crippen molar-refractivity contribution in [1.29, 1.82) is 5.26 Å². The largest absolute Gasteiger partial charge is 0.506 e. The Balaban J connectivity index is 1.60. The number of aromatic hydroxyl groups is 1. The lowest BCUT2D eigenvalue weighted by atomic mass is 9.96. The molecule has 8 nitrogen and oxygen atoms in total. The molecular weight excluding hydrogens is 457 g/mol. The van der Waals surface area contributed by atoms with Gasteiger partial charge in [-0.25, -0.2) is 4.39 Å². The van der Waals surface area contributed by atoms with E-state index in [4.69, 9.17) is 0 Å². The number of hydrogen-bond acceptors (Lipinski definition) is 8. The molecule has 9 heteroatoms. The average Bonchev–Trinajstić information content (AvgIpc) is 3.58. The summed E-state index contributed by atoms with van der Waals surface area (Å²) in [6.45, 7) is 6.84. The first-order chi connectivity index (χ1) is 17.6. The van der Waals surface area contributed by atoms with Gasteiger partial charge in [0.05, 0.1) is 24.3 Å². The number of hydrazine groups is 2. The maximum Gasteiger partial charge on any atom is 0.143 e. The van der Waals surface area contributed by atoms with E-state index in [-0.39, 0.29) is 11.2 Å². The molecule has 2 aliphatic rings. The summed E-state index contributed by atoms with van der Waals surface area (Å²) < 4.78 is 23.2. The molecule has 0 saturated heterocycles. The fourth-order valence-corrected chi connectivity index (χ4v) is 4.05. The Kier molecular flexibility index (Phi) is 5.74. The minimum absolute atomic E-state index is 0.0554. The van der Waals surface area contributed by atoms with Crippen molar-refractivity contribution in [3.8, 4) is 11.8 Å². The molecule has 0 radical (unpaired) electrons. The lowest BCUT2D eigenvalue weighted by Crippen LogP contribution is -2.38. The second-order valence-corrected chi connectivity index (χ2v) is 10.4. The number of hydrogen-bond donors (Lipinski definition) is 5. The zero-order chi connectivity index (χ0) is 26.4. The molecule has 1 atom stereocenters. The number of halogens is 1. The third-order valence-corrected chi connectivity index (χ3v) is 6.07. The molecule has 1 aromatic heterocycles. The lowest BCUT2D eigenvalue weighted by molar-refractivity contribution is 0.260. The van der Waals surface area contributed by atoms with Crippen LogP contribution in [0.1, 0.15) is 52.1 Å². The van der Waals surface area contributed by atoms with Crippen molar-refractivity contribution in [2.75, 3.05) is 17.2 Å². The van der Waals surface area contributed by atoms with Gasteiger partial charge in [0.25, 0.3) is 0 Å². The quantitative estimate of drug-likeness (QED) is 0.320. The number of aromatic nitrogens is 1. The summed E-state index contributed by atoms with van der Waals surface area (Å²) in [6.07, 6.45) is 5.40. The number of nitrogens with zero attached hydrogens (tertiary/aromatic N) is 3. The van der Waals surface area contributed by atoms with Gasteiger partial charge in [-0.15, -0.1) is 5.53 Å². The molecule has 2 heterocycles. The first-order valence-electron chi connectivity index (χ1n) is 12.4. The van der Waals surface area contributed by atoms with Crippen LogP contribution in [0.25, 0.3) is 10.9 Å². The number of nitrogens with one attached hydrogen (secondary N) is 4. The smallest absolute Gasteiger partial charge is 0.143 e. The highest BCUT2D eigenvalue weighted by Gasteiger charge is 2.32. The van der Waals surface area contributed by atoms with E-state index in [2.05, 4.69) is 53.4 Å². The van der Waals surface area contributed by atoms with E-state index in [1.807, 2.05) is 11.2 Å². The van der Waals surface area contributed by atoms with Gasteiger partial charge in [-0.3, -0.25) is 9.99 Å². The minimum Gasteiger partial charge on any atom is -0.506 e. The number of phenols is 1. The number of rotatable bonds is 7. The molecule has 0 amide bonds. The minimum atomic E-state index is -1.55. The van der Waals surface area contributed by atoms with Crippen molar-refractivity contribution >= 4 is 22.3 Å². The van der Waals surface area contributed by atoms with Gasteiger partial charge in [0.2, 0.25) is 0 Å². The standard InChI is InChI=1S/C27H30FN7O/c1-27(2,3)15-31-24-17(12-29)13-30-26-21(24)10-19(11-23(26)36)32-25(16-4-6-18(28)7-5-16)22-14-35(34-33-22)20-8-9-20/h4-7,10-11,13-14,20,25,32-34,36H,8-9,15H2,1-3H3,(H,30,31)/t25-/m1/s1/i25D. The third kappa shape index (κ3) is 4.99. The Hall–Kier alpha value is -4.03. The van der Waals surface area contributed by atoms with E-state index in [1.54, 1.807) is 18.2 Å². The average molecular weight is 489 g/mol. The zero-order valence-electron chi connectivity index (χ0n) is 21.5. The van der Waals surface area contributed by atoms with Crippen LogP contribution in [0, 0.1) is 22.6 Å². The molecule has 36 heavy (non-hydrogen) atoms. The number of phenolic OH excluding ortho intramolecular Hbond substituents is 1. The highest BCUT2D eigenvalue weighted by Crippen LogP contribution is 2.37. The summed E-state index contributed by atoms with van der Waals surface area (Å²) in [7, 11) is 0. The van der Waals surface area contributed by atoms with Crippen LogP contribution in [0.15, 0.2) is 54.5 Å². The van der Waals surface area contributed by atoms with E-state index in [0.717, 1.165) is 12.8 Å². The summed E-state index contributed by atoms with van der Waals surface area (Å²) in [5.41, 5.74) is 8.84. The molecule has 1 aliphatic carbocycles. The van der Waals surface area contributed by atoms with E-state index >= 15 is 0 Å². The molecule has 3 aromatic rings. The zero-order valence-corrected chi connectivity index (χ0v) is 20.5. The Morgan fingerprint density at radius 2 is 2.06 bits per heavy atom. The van der Waals surface area contributed by atoms with Crippen molar-refractivity contribution in [1.82, 2.24) is 21.0 Å². The fourth-order valence-electron chi connectivity index (χ4n) is 4.05. The van der Waals surface area contributed by atoms with Gasteiger partial charge in [-0.1, -0.05) is 32.9 Å². The molecule has 0 unspecified atom stereocenters. The number of nitriles is 1. The highest BCUT2D eigenvalue weighted by atomic mass is 19.1. The number of pyridine rings is 1. The lowest BCUT2D eigenvalue weighted by Gasteiger charge is -2.23. The van der Waals surface area contributed by atoms with Crippen LogP contribution in [0.3, 0.4) is 0 Å². The first kappa shape index (κ1) is 22.4.